The van der Waals surface area contributed by atoms with E-state index in [0.717, 1.165) is 29.6 Å². The molecule has 0 bridgehead atoms. The Morgan fingerprint density at radius 3 is 1.50 bits per heavy atom. The van der Waals surface area contributed by atoms with Gasteiger partial charge in [-0.15, -0.1) is 0 Å². The van der Waals surface area contributed by atoms with Crippen LogP contribution in [0.1, 0.15) is 87.0 Å². The minimum atomic E-state index is 0.853. The lowest BCUT2D eigenvalue weighted by Crippen LogP contribution is -2.12. The zero-order valence-corrected chi connectivity index (χ0v) is 14.1. The largest absolute Gasteiger partial charge is 0.0654 e. The molecule has 0 N–H and O–H groups in total. The van der Waals surface area contributed by atoms with Gasteiger partial charge in [0.1, 0.15) is 0 Å². The van der Waals surface area contributed by atoms with Crippen molar-refractivity contribution in [2.24, 2.45) is 29.6 Å². The molecule has 0 fully saturated rings. The molecular weight excluding hydrogens is 216 g/mol. The predicted molar refractivity (Wildman–Crippen MR) is 84.9 cm³/mol. The number of rotatable bonds is 10. The average molecular weight is 255 g/mol. The quantitative estimate of drug-likeness (QED) is 0.415. The molecule has 4 unspecified atom stereocenters. The van der Waals surface area contributed by atoms with Gasteiger partial charge in [-0.1, -0.05) is 80.6 Å². The van der Waals surface area contributed by atoms with E-state index in [2.05, 4.69) is 48.5 Å². The van der Waals surface area contributed by atoms with E-state index in [9.17, 15) is 0 Å². The van der Waals surface area contributed by atoms with Gasteiger partial charge >= 0.3 is 0 Å². The molecule has 0 nitrogen and oxygen atoms in total. The maximum absolute atomic E-state index is 2.45. The molecule has 0 aliphatic heterocycles. The first-order valence-corrected chi connectivity index (χ1v) is 8.38. The third-order valence-corrected chi connectivity index (χ3v) is 4.85. The fourth-order valence-corrected chi connectivity index (χ4v) is 3.05. The summed E-state index contributed by atoms with van der Waals surface area (Å²) in [6.45, 7) is 16.8. The molecule has 4 atom stereocenters. The standard InChI is InChI=1S/C18H38/c1-8-10-15(4)16(5)11-9-12-17(6)18(7)13-14(2)3/h14-18H,8-13H2,1-7H3. The van der Waals surface area contributed by atoms with Crippen LogP contribution in [0.15, 0.2) is 0 Å². The molecule has 0 aliphatic rings. The summed E-state index contributed by atoms with van der Waals surface area (Å²) in [4.78, 5) is 0. The second-order valence-electron chi connectivity index (χ2n) is 7.26. The molecule has 0 heteroatoms. The Labute approximate surface area is 117 Å². The highest BCUT2D eigenvalue weighted by Gasteiger charge is 2.15. The predicted octanol–water partition coefficient (Wildman–Crippen LogP) is 6.55. The second-order valence-corrected chi connectivity index (χ2v) is 7.26. The van der Waals surface area contributed by atoms with Crippen molar-refractivity contribution in [3.05, 3.63) is 0 Å². The van der Waals surface area contributed by atoms with E-state index in [0.29, 0.717) is 0 Å². The lowest BCUT2D eigenvalue weighted by atomic mass is 9.82. The van der Waals surface area contributed by atoms with Gasteiger partial charge in [0.25, 0.3) is 0 Å². The van der Waals surface area contributed by atoms with Gasteiger partial charge in [0.2, 0.25) is 0 Å². The Kier molecular flexibility index (Phi) is 9.87. The van der Waals surface area contributed by atoms with Crippen LogP contribution in [-0.4, -0.2) is 0 Å². The third-order valence-electron chi connectivity index (χ3n) is 4.85. The Balaban J connectivity index is 3.76. The van der Waals surface area contributed by atoms with Gasteiger partial charge in [0.05, 0.1) is 0 Å². The van der Waals surface area contributed by atoms with Crippen molar-refractivity contribution in [3.8, 4) is 0 Å². The van der Waals surface area contributed by atoms with Gasteiger partial charge in [0, 0.05) is 0 Å². The van der Waals surface area contributed by atoms with Gasteiger partial charge in [-0.2, -0.15) is 0 Å². The minimum Gasteiger partial charge on any atom is -0.0654 e. The van der Waals surface area contributed by atoms with Crippen LogP contribution < -0.4 is 0 Å². The average Bonchev–Trinajstić information content (AvgIpc) is 2.27. The van der Waals surface area contributed by atoms with E-state index in [1.165, 1.54) is 38.5 Å². The van der Waals surface area contributed by atoms with Crippen molar-refractivity contribution >= 4 is 0 Å². The van der Waals surface area contributed by atoms with Crippen LogP contribution in [0.4, 0.5) is 0 Å². The van der Waals surface area contributed by atoms with Crippen molar-refractivity contribution in [3.63, 3.8) is 0 Å². The minimum absolute atomic E-state index is 0.853. The Morgan fingerprint density at radius 1 is 0.611 bits per heavy atom. The van der Waals surface area contributed by atoms with E-state index in [1.807, 2.05) is 0 Å². The molecule has 0 saturated carbocycles. The second kappa shape index (κ2) is 9.87. The molecule has 0 aromatic rings. The smallest absolute Gasteiger partial charge is 0.0415 e. The summed E-state index contributed by atoms with van der Waals surface area (Å²) in [7, 11) is 0. The molecule has 0 saturated heterocycles. The van der Waals surface area contributed by atoms with Gasteiger partial charge in [-0.05, 0) is 36.0 Å². The first-order valence-electron chi connectivity index (χ1n) is 8.38. The van der Waals surface area contributed by atoms with Gasteiger partial charge in [-0.3, -0.25) is 0 Å². The van der Waals surface area contributed by atoms with Crippen LogP contribution in [0, 0.1) is 29.6 Å². The molecule has 0 aliphatic carbocycles. The van der Waals surface area contributed by atoms with Crippen LogP contribution in [0.5, 0.6) is 0 Å². The summed E-state index contributed by atoms with van der Waals surface area (Å²) >= 11 is 0. The van der Waals surface area contributed by atoms with Crippen LogP contribution in [0.3, 0.4) is 0 Å². The van der Waals surface area contributed by atoms with Gasteiger partial charge < -0.3 is 0 Å². The SMILES string of the molecule is CCCC(C)C(C)CCCC(C)C(C)CC(C)C. The Morgan fingerprint density at radius 2 is 1.06 bits per heavy atom. The molecule has 0 rings (SSSR count). The van der Waals surface area contributed by atoms with Crippen molar-refractivity contribution < 1.29 is 0 Å². The van der Waals surface area contributed by atoms with E-state index in [-0.39, 0.29) is 0 Å². The normalized spacial score (nSPS) is 18.7. The molecule has 18 heavy (non-hydrogen) atoms. The topological polar surface area (TPSA) is 0 Å². The van der Waals surface area contributed by atoms with Crippen LogP contribution in [0.2, 0.25) is 0 Å². The van der Waals surface area contributed by atoms with E-state index in [4.69, 9.17) is 0 Å². The number of hydrogen-bond donors (Lipinski definition) is 0. The molecule has 0 heterocycles. The highest BCUT2D eigenvalue weighted by molar-refractivity contribution is 4.67. The van der Waals surface area contributed by atoms with Gasteiger partial charge in [0.15, 0.2) is 0 Å². The highest BCUT2D eigenvalue weighted by Crippen LogP contribution is 2.27. The summed E-state index contributed by atoms with van der Waals surface area (Å²) in [5, 5.41) is 0. The van der Waals surface area contributed by atoms with E-state index < -0.39 is 0 Å². The first-order chi connectivity index (χ1) is 8.38. The van der Waals surface area contributed by atoms with E-state index in [1.54, 1.807) is 0 Å². The molecule has 110 valence electrons. The zero-order chi connectivity index (χ0) is 14.1. The Bertz CT molecular complexity index is 182. The van der Waals surface area contributed by atoms with Crippen LogP contribution in [-0.2, 0) is 0 Å². The summed E-state index contributed by atoms with van der Waals surface area (Å²) in [5.74, 6) is 4.48. The fourth-order valence-electron chi connectivity index (χ4n) is 3.05. The van der Waals surface area contributed by atoms with E-state index >= 15 is 0 Å². The fraction of sp³-hybridized carbons (Fsp3) is 1.00. The monoisotopic (exact) mass is 254 g/mol. The summed E-state index contributed by atoms with van der Waals surface area (Å²) in [6, 6.07) is 0. The maximum atomic E-state index is 2.45. The third kappa shape index (κ3) is 8.16. The molecule has 0 aromatic heterocycles. The summed E-state index contributed by atoms with van der Waals surface area (Å²) < 4.78 is 0. The lowest BCUT2D eigenvalue weighted by molar-refractivity contribution is 0.278. The van der Waals surface area contributed by atoms with Crippen LogP contribution >= 0.6 is 0 Å². The maximum Gasteiger partial charge on any atom is -0.0415 e. The molecule has 0 aromatic carbocycles. The first kappa shape index (κ1) is 18.0. The van der Waals surface area contributed by atoms with Gasteiger partial charge in [-0.25, -0.2) is 0 Å². The molecule has 0 spiro atoms. The molecule has 0 radical (unpaired) electrons. The number of hydrogen-bond acceptors (Lipinski definition) is 0. The van der Waals surface area contributed by atoms with Crippen LogP contribution in [0.25, 0.3) is 0 Å². The lowest BCUT2D eigenvalue weighted by Gasteiger charge is -2.23. The Hall–Kier alpha value is 0. The molecular formula is C18H38. The summed E-state index contributed by atoms with van der Waals surface area (Å²) in [6.07, 6.45) is 8.42. The molecule has 0 amide bonds. The van der Waals surface area contributed by atoms with Crippen molar-refractivity contribution in [2.45, 2.75) is 87.0 Å². The highest BCUT2D eigenvalue weighted by atomic mass is 14.2. The van der Waals surface area contributed by atoms with Crippen molar-refractivity contribution in [2.75, 3.05) is 0 Å². The van der Waals surface area contributed by atoms with Crippen molar-refractivity contribution in [1.82, 2.24) is 0 Å². The summed E-state index contributed by atoms with van der Waals surface area (Å²) in [5.41, 5.74) is 0. The van der Waals surface area contributed by atoms with Crippen molar-refractivity contribution in [1.29, 1.82) is 0 Å². The zero-order valence-electron chi connectivity index (χ0n) is 14.1.